The summed E-state index contributed by atoms with van der Waals surface area (Å²) in [5, 5.41) is 7.16. The summed E-state index contributed by atoms with van der Waals surface area (Å²) >= 11 is 6.27. The second kappa shape index (κ2) is 6.90. The molecule has 1 fully saturated rings. The van der Waals surface area contributed by atoms with Crippen LogP contribution in [0.5, 0.6) is 0 Å². The molecule has 8 nitrogen and oxygen atoms in total. The predicted octanol–water partition coefficient (Wildman–Crippen LogP) is -2.17. The molecule has 0 unspecified atom stereocenters. The second-order valence-corrected chi connectivity index (χ2v) is 11.5. The number of aryl methyl sites for hydroxylation is 2. The molecule has 1 saturated heterocycles. The fourth-order valence-electron chi connectivity index (χ4n) is 5.21. The van der Waals surface area contributed by atoms with Crippen LogP contribution in [-0.4, -0.2) is 79.2 Å². The molecule has 0 amide bonds. The SMILES string of the molecule is BC1(B)CC(c2cn3ncnc3cc2C)CC(B)(B)N1S(=O)(=O)c1cnn(C)c1Cl. The molecule has 0 spiro atoms. The maximum Gasteiger partial charge on any atom is 0.246 e. The lowest BCUT2D eigenvalue weighted by Crippen LogP contribution is -2.68. The zero-order valence-corrected chi connectivity index (χ0v) is 19.7. The minimum Gasteiger partial charge on any atom is -0.256 e. The highest BCUT2D eigenvalue weighted by Gasteiger charge is 2.52. The van der Waals surface area contributed by atoms with Crippen LogP contribution >= 0.6 is 11.6 Å². The zero-order valence-electron chi connectivity index (χ0n) is 18.1. The quantitative estimate of drug-likeness (QED) is 0.432. The summed E-state index contributed by atoms with van der Waals surface area (Å²) in [7, 11) is 5.71. The molecule has 0 N–H and O–H groups in total. The normalized spacial score (nSPS) is 20.0. The summed E-state index contributed by atoms with van der Waals surface area (Å²) in [6.45, 7) is 2.07. The minimum atomic E-state index is -3.84. The van der Waals surface area contributed by atoms with Crippen molar-refractivity contribution in [1.29, 1.82) is 0 Å². The van der Waals surface area contributed by atoms with E-state index in [1.165, 1.54) is 16.4 Å². The average molecular weight is 442 g/mol. The van der Waals surface area contributed by atoms with E-state index in [1.807, 2.05) is 43.6 Å². The summed E-state index contributed by atoms with van der Waals surface area (Å²) < 4.78 is 32.1. The first-order chi connectivity index (χ1) is 13.8. The molecule has 0 aliphatic carbocycles. The van der Waals surface area contributed by atoms with Gasteiger partial charge in [0.05, 0.1) is 6.20 Å². The number of aromatic nitrogens is 5. The van der Waals surface area contributed by atoms with Gasteiger partial charge in [-0.3, -0.25) is 4.68 Å². The molecular weight excluding hydrogens is 419 g/mol. The highest BCUT2D eigenvalue weighted by atomic mass is 35.5. The van der Waals surface area contributed by atoms with Crippen molar-refractivity contribution in [3.8, 4) is 0 Å². The van der Waals surface area contributed by atoms with Crippen molar-refractivity contribution in [3.63, 3.8) is 0 Å². The van der Waals surface area contributed by atoms with Crippen molar-refractivity contribution in [2.24, 2.45) is 7.05 Å². The van der Waals surface area contributed by atoms with Crippen LogP contribution in [0, 0.1) is 6.92 Å². The van der Waals surface area contributed by atoms with E-state index < -0.39 is 20.7 Å². The van der Waals surface area contributed by atoms with Gasteiger partial charge in [0, 0.05) is 13.2 Å². The van der Waals surface area contributed by atoms with Crippen LogP contribution in [0.4, 0.5) is 0 Å². The molecule has 14 heteroatoms. The predicted molar refractivity (Wildman–Crippen MR) is 127 cm³/mol. The minimum absolute atomic E-state index is 0.0477. The summed E-state index contributed by atoms with van der Waals surface area (Å²) in [5.74, 6) is 0.180. The van der Waals surface area contributed by atoms with Gasteiger partial charge in [-0.05, 0) is 53.6 Å². The molecule has 4 heterocycles. The largest absolute Gasteiger partial charge is 0.256 e. The van der Waals surface area contributed by atoms with Gasteiger partial charge >= 0.3 is 0 Å². The second-order valence-electron chi connectivity index (χ2n) is 9.40. The van der Waals surface area contributed by atoms with E-state index in [-0.39, 0.29) is 16.0 Å². The maximum atomic E-state index is 13.7. The Kier molecular flexibility index (Phi) is 4.95. The third kappa shape index (κ3) is 3.31. The Balaban J connectivity index is 1.77. The highest BCUT2D eigenvalue weighted by molar-refractivity contribution is 7.89. The first kappa shape index (κ1) is 21.5. The Morgan fingerprint density at radius 3 is 2.37 bits per heavy atom. The number of hydrogen-bond donors (Lipinski definition) is 0. The van der Waals surface area contributed by atoms with Crippen LogP contribution in [-0.2, 0) is 17.1 Å². The van der Waals surface area contributed by atoms with Crippen molar-refractivity contribution >= 4 is 58.7 Å². The van der Waals surface area contributed by atoms with Gasteiger partial charge in [0.1, 0.15) is 47.8 Å². The maximum absolute atomic E-state index is 13.7. The summed E-state index contributed by atoms with van der Waals surface area (Å²) in [6.07, 6.45) is 6.25. The van der Waals surface area contributed by atoms with E-state index in [2.05, 4.69) is 22.1 Å². The number of pyridine rings is 1. The fraction of sp³-hybridized carbons (Fsp3) is 0.438. The Bertz CT molecular complexity index is 1220. The van der Waals surface area contributed by atoms with Crippen molar-refractivity contribution < 1.29 is 8.42 Å². The first-order valence-electron chi connectivity index (χ1n) is 9.87. The van der Waals surface area contributed by atoms with E-state index in [0.717, 1.165) is 11.2 Å². The summed E-state index contributed by atoms with van der Waals surface area (Å²) in [5.41, 5.74) is 3.12. The third-order valence-corrected chi connectivity index (χ3v) is 8.93. The van der Waals surface area contributed by atoms with Crippen LogP contribution in [0.15, 0.2) is 29.7 Å². The smallest absolute Gasteiger partial charge is 0.246 e. The topological polar surface area (TPSA) is 85.4 Å². The molecule has 0 aromatic carbocycles. The number of sulfonamides is 1. The molecule has 0 saturated carbocycles. The van der Waals surface area contributed by atoms with E-state index in [1.54, 1.807) is 22.2 Å². The lowest BCUT2D eigenvalue weighted by molar-refractivity contribution is 0.208. The van der Waals surface area contributed by atoms with Crippen molar-refractivity contribution in [3.05, 3.63) is 41.1 Å². The number of piperidine rings is 1. The van der Waals surface area contributed by atoms with Crippen LogP contribution in [0.25, 0.3) is 5.65 Å². The van der Waals surface area contributed by atoms with Gasteiger partial charge in [0.15, 0.2) is 5.65 Å². The lowest BCUT2D eigenvalue weighted by atomic mass is 9.46. The average Bonchev–Trinajstić information content (AvgIpc) is 3.18. The van der Waals surface area contributed by atoms with Crippen LogP contribution < -0.4 is 0 Å². The standard InChI is InChI=1S/C16H23B4ClN6O2S/c1-9-3-13-22-8-24-26(13)7-11(9)10-4-15(17,18)27(16(19,20)5-10)30(28,29)12-6-23-25(2)14(12)21/h3,6-8,10H,4-5,17-20H2,1-2H3. The van der Waals surface area contributed by atoms with Gasteiger partial charge in [-0.15, -0.1) is 0 Å². The summed E-state index contributed by atoms with van der Waals surface area (Å²) in [4.78, 5) is 4.30. The lowest BCUT2D eigenvalue weighted by Gasteiger charge is -2.55. The van der Waals surface area contributed by atoms with E-state index >= 15 is 0 Å². The molecule has 3 aromatic rings. The van der Waals surface area contributed by atoms with E-state index in [4.69, 9.17) is 11.6 Å². The molecule has 0 radical (unpaired) electrons. The van der Waals surface area contributed by atoms with E-state index in [0.29, 0.717) is 12.8 Å². The van der Waals surface area contributed by atoms with Gasteiger partial charge in [-0.2, -0.15) is 10.2 Å². The van der Waals surface area contributed by atoms with Crippen LogP contribution in [0.1, 0.15) is 29.9 Å². The highest BCUT2D eigenvalue weighted by Crippen LogP contribution is 2.45. The molecule has 1 aliphatic heterocycles. The number of halogens is 1. The fourth-order valence-corrected chi connectivity index (χ4v) is 7.76. The molecule has 154 valence electrons. The number of fused-ring (bicyclic) bond motifs is 1. The van der Waals surface area contributed by atoms with E-state index in [9.17, 15) is 8.42 Å². The van der Waals surface area contributed by atoms with Crippen LogP contribution in [0.3, 0.4) is 0 Å². The number of hydrogen-bond acceptors (Lipinski definition) is 5. The number of rotatable bonds is 3. The molecule has 4 rings (SSSR count). The third-order valence-electron chi connectivity index (χ3n) is 6.05. The first-order valence-corrected chi connectivity index (χ1v) is 11.7. The molecule has 30 heavy (non-hydrogen) atoms. The molecule has 0 atom stereocenters. The van der Waals surface area contributed by atoms with Crippen molar-refractivity contribution in [2.75, 3.05) is 0 Å². The molecular formula is C16H23B4ClN6O2S. The molecule has 3 aromatic heterocycles. The summed E-state index contributed by atoms with van der Waals surface area (Å²) in [6, 6.07) is 2.03. The molecule has 0 bridgehead atoms. The van der Waals surface area contributed by atoms with Crippen molar-refractivity contribution in [2.45, 2.75) is 41.3 Å². The van der Waals surface area contributed by atoms with Gasteiger partial charge in [-0.1, -0.05) is 11.6 Å². The Morgan fingerprint density at radius 1 is 1.17 bits per heavy atom. The number of nitrogens with zero attached hydrogens (tertiary/aromatic N) is 6. The van der Waals surface area contributed by atoms with Crippen molar-refractivity contribution in [1.82, 2.24) is 28.7 Å². The van der Waals surface area contributed by atoms with Crippen LogP contribution in [0.2, 0.25) is 5.15 Å². The van der Waals surface area contributed by atoms with Gasteiger partial charge in [0.25, 0.3) is 0 Å². The Morgan fingerprint density at radius 2 is 1.80 bits per heavy atom. The van der Waals surface area contributed by atoms with Gasteiger partial charge < -0.3 is 0 Å². The zero-order chi connectivity index (χ0) is 22.1. The van der Waals surface area contributed by atoms with Gasteiger partial charge in [-0.25, -0.2) is 22.2 Å². The Hall–Kier alpha value is -1.71. The Labute approximate surface area is 185 Å². The molecule has 1 aliphatic rings. The monoisotopic (exact) mass is 442 g/mol. The van der Waals surface area contributed by atoms with Gasteiger partial charge in [0.2, 0.25) is 10.0 Å².